The van der Waals surface area contributed by atoms with Gasteiger partial charge in [0.05, 0.1) is 0 Å². The first-order valence-corrected chi connectivity index (χ1v) is 32.1. The van der Waals surface area contributed by atoms with Gasteiger partial charge < -0.3 is 45.9 Å². The number of hydrogen-bond donors (Lipinski definition) is 8. The van der Waals surface area contributed by atoms with Crippen LogP contribution in [0, 0.1) is 31.6 Å². The third kappa shape index (κ3) is 199. The average molecular weight is 1270 g/mol. The Balaban J connectivity index is -0.0000000656. The van der Waals surface area contributed by atoms with E-state index in [4.69, 9.17) is 0 Å². The fourth-order valence-electron chi connectivity index (χ4n) is 3.91. The molecule has 0 aromatic heterocycles. The van der Waals surface area contributed by atoms with Gasteiger partial charge in [-0.2, -0.15) is 0 Å². The molecule has 0 amide bonds. The zero-order chi connectivity index (χ0) is 73.9. The molecule has 0 aliphatic carbocycles. The smallest absolute Gasteiger partial charge is 0.0195 e. The summed E-state index contributed by atoms with van der Waals surface area (Å²) >= 11 is 0. The lowest BCUT2D eigenvalue weighted by atomic mass is 10.0. The lowest BCUT2D eigenvalue weighted by molar-refractivity contribution is 0.469. The van der Waals surface area contributed by atoms with E-state index in [1.54, 1.807) is 0 Å². The van der Waals surface area contributed by atoms with Crippen LogP contribution in [-0.4, -0.2) is 56.4 Å². The maximum absolute atomic E-state index is 4.50. The van der Waals surface area contributed by atoms with Crippen molar-refractivity contribution in [3.05, 3.63) is 326 Å². The second kappa shape index (κ2) is 125. The number of aryl methyl sites for hydroxylation is 3. The van der Waals surface area contributed by atoms with Crippen molar-refractivity contribution in [2.75, 3.05) is 56.4 Å². The van der Waals surface area contributed by atoms with Crippen LogP contribution in [0.1, 0.15) is 133 Å². The fourth-order valence-corrected chi connectivity index (χ4v) is 3.91. The summed E-state index contributed by atoms with van der Waals surface area (Å²) in [6, 6.07) is 103. The summed E-state index contributed by atoms with van der Waals surface area (Å²) in [6.07, 6.45) is 3.75. The molecule has 0 fully saturated rings. The maximum Gasteiger partial charge on any atom is -0.0195 e. The molecule has 92 heavy (non-hydrogen) atoms. The number of nitrogens with two attached hydrogens (primary N) is 8. The van der Waals surface area contributed by atoms with Gasteiger partial charge in [-0.1, -0.05) is 442 Å². The van der Waals surface area contributed by atoms with Crippen LogP contribution in [0.4, 0.5) is 0 Å². The summed E-state index contributed by atoms with van der Waals surface area (Å²) in [4.78, 5) is 0. The summed E-state index contributed by atoms with van der Waals surface area (Å²) in [5.74, 6) is 0. The van der Waals surface area contributed by atoms with Crippen LogP contribution in [0.2, 0.25) is 0 Å². The Hall–Kier alpha value is -7.34. The van der Waals surface area contributed by atoms with Crippen LogP contribution >= 0.6 is 0 Å². The highest BCUT2D eigenvalue weighted by Crippen LogP contribution is 2.08. The van der Waals surface area contributed by atoms with E-state index in [0.29, 0.717) is 10.8 Å². The van der Waals surface area contributed by atoms with Gasteiger partial charge in [0, 0.05) is 0 Å². The molecule has 0 unspecified atom stereocenters. The first kappa shape index (κ1) is 115. The third-order valence-electron chi connectivity index (χ3n) is 6.82. The van der Waals surface area contributed by atoms with Crippen molar-refractivity contribution in [3.63, 3.8) is 0 Å². The lowest BCUT2D eigenvalue weighted by Gasteiger charge is -2.05. The van der Waals surface area contributed by atoms with Gasteiger partial charge >= 0.3 is 0 Å². The Labute approximate surface area is 573 Å². The van der Waals surface area contributed by atoms with E-state index in [0.717, 1.165) is 0 Å². The molecule has 0 spiro atoms. The molecule has 9 aromatic rings. The molecule has 8 heteroatoms. The topological polar surface area (TPSA) is 208 Å². The number of benzene rings is 9. The molecule has 0 aliphatic heterocycles. The molecule has 16 N–H and O–H groups in total. The van der Waals surface area contributed by atoms with Crippen molar-refractivity contribution >= 4 is 0 Å². The first-order valence-electron chi connectivity index (χ1n) is 32.1. The fraction of sp³-hybridized carbons (Fsp3) is 0.357. The van der Waals surface area contributed by atoms with E-state index < -0.39 is 0 Å². The SMILES string of the molecule is CC(C)(C)C.CC(C)(C)C.CCC.CCC.CCC.CN.CN.CN.CN.CN.CN.CN.CN.Cc1ccccc1.Cc1ccccc1.Cc1ccccc1.c1ccccc1.c1ccccc1.c1ccccc1.c1ccccc1.c1ccccc1.c1ccccc1. The number of hydrogen-bond acceptors (Lipinski definition) is 8. The molecule has 0 bridgehead atoms. The van der Waals surface area contributed by atoms with E-state index in [1.165, 1.54) is 92.3 Å². The molecule has 0 atom stereocenters. The van der Waals surface area contributed by atoms with Crippen molar-refractivity contribution in [1.29, 1.82) is 0 Å². The van der Waals surface area contributed by atoms with Crippen LogP contribution < -0.4 is 45.9 Å². The minimum atomic E-state index is 0.500. The van der Waals surface area contributed by atoms with Crippen LogP contribution in [-0.2, 0) is 0 Å². The predicted octanol–water partition coefficient (Wildman–Crippen LogP) is 21.1. The van der Waals surface area contributed by atoms with Gasteiger partial charge in [-0.25, -0.2) is 0 Å². The highest BCUT2D eigenvalue weighted by Gasteiger charge is 1.96. The molecule has 8 nitrogen and oxygen atoms in total. The minimum absolute atomic E-state index is 0.500. The Morgan fingerprint density at radius 1 is 0.163 bits per heavy atom. The van der Waals surface area contributed by atoms with Gasteiger partial charge in [0.15, 0.2) is 0 Å². The van der Waals surface area contributed by atoms with Crippen molar-refractivity contribution in [1.82, 2.24) is 0 Å². The number of rotatable bonds is 0. The van der Waals surface area contributed by atoms with E-state index in [-0.39, 0.29) is 0 Å². The lowest BCUT2D eigenvalue weighted by Crippen LogP contribution is -1.93. The van der Waals surface area contributed by atoms with Crippen LogP contribution in [0.15, 0.2) is 309 Å². The predicted molar refractivity (Wildman–Crippen MR) is 431 cm³/mol. The summed E-state index contributed by atoms with van der Waals surface area (Å²) < 4.78 is 0. The van der Waals surface area contributed by atoms with Crippen molar-refractivity contribution in [3.8, 4) is 0 Å². The van der Waals surface area contributed by atoms with Gasteiger partial charge in [0.1, 0.15) is 0 Å². The Bertz CT molecular complexity index is 1700. The van der Waals surface area contributed by atoms with Crippen LogP contribution in [0.5, 0.6) is 0 Å². The molecule has 9 rings (SSSR count). The van der Waals surface area contributed by atoms with E-state index in [2.05, 4.69) is 200 Å². The van der Waals surface area contributed by atoms with Crippen molar-refractivity contribution in [2.45, 2.75) is 137 Å². The van der Waals surface area contributed by atoms with Crippen LogP contribution in [0.3, 0.4) is 0 Å². The van der Waals surface area contributed by atoms with Gasteiger partial charge in [-0.3, -0.25) is 0 Å². The minimum Gasteiger partial charge on any atom is -0.333 e. The second-order valence-corrected chi connectivity index (χ2v) is 20.0. The molecular formula is C84H148N8. The highest BCUT2D eigenvalue weighted by molar-refractivity contribution is 5.13. The monoisotopic (exact) mass is 1270 g/mol. The van der Waals surface area contributed by atoms with Crippen molar-refractivity contribution in [2.24, 2.45) is 56.7 Å². The zero-order valence-corrected chi connectivity index (χ0v) is 63.7. The molecule has 524 valence electrons. The molecule has 0 aliphatic rings. The highest BCUT2D eigenvalue weighted by atomic mass is 14.4. The summed E-state index contributed by atoms with van der Waals surface area (Å²) in [7, 11) is 12.0. The standard InChI is InChI=1S/3C7H8.6C6H6.2C5H12.3C3H8.8CH5N/c3*1-7-5-3-2-4-6-7;6*1-2-4-6-5-3-1;2*1-5(2,3)4;3*1-3-2;8*1-2/h3*2-6H,1H3;6*1-6H;2*1-4H3;3*3H2,1-2H3;8*2H2,1H3. The molecule has 0 radical (unpaired) electrons. The molecular weight excluding hydrogens is 1120 g/mol. The molecule has 0 heterocycles. The summed E-state index contributed by atoms with van der Waals surface area (Å²) in [5.41, 5.74) is 41.0. The Morgan fingerprint density at radius 3 is 0.239 bits per heavy atom. The second-order valence-electron chi connectivity index (χ2n) is 20.0. The van der Waals surface area contributed by atoms with Crippen molar-refractivity contribution < 1.29 is 0 Å². The Kier molecular flexibility index (Phi) is 157. The summed E-state index contributed by atoms with van der Waals surface area (Å²) in [5, 5.41) is 0. The normalized spacial score (nSPS) is 7.53. The van der Waals surface area contributed by atoms with Gasteiger partial charge in [-0.15, -0.1) is 0 Å². The first-order chi connectivity index (χ1) is 44.4. The van der Waals surface area contributed by atoms with E-state index in [9.17, 15) is 0 Å². The van der Waals surface area contributed by atoms with Crippen LogP contribution in [0.25, 0.3) is 0 Å². The van der Waals surface area contributed by atoms with Gasteiger partial charge in [0.25, 0.3) is 0 Å². The molecule has 9 aromatic carbocycles. The average Bonchev–Trinajstić information content (AvgIpc) is 3.63. The third-order valence-corrected chi connectivity index (χ3v) is 6.82. The van der Waals surface area contributed by atoms with E-state index in [1.807, 2.05) is 273 Å². The largest absolute Gasteiger partial charge is 0.333 e. The zero-order valence-electron chi connectivity index (χ0n) is 63.7. The molecule has 0 saturated carbocycles. The Morgan fingerprint density at radius 2 is 0.207 bits per heavy atom. The quantitative estimate of drug-likeness (QED) is 0.0731. The van der Waals surface area contributed by atoms with Gasteiger partial charge in [0.2, 0.25) is 0 Å². The maximum atomic E-state index is 4.50. The van der Waals surface area contributed by atoms with Gasteiger partial charge in [-0.05, 0) is 88.0 Å². The summed E-state index contributed by atoms with van der Waals surface area (Å²) in [6.45, 7) is 36.5. The molecule has 0 saturated heterocycles. The van der Waals surface area contributed by atoms with E-state index >= 15 is 0 Å².